The van der Waals surface area contributed by atoms with Gasteiger partial charge in [-0.15, -0.1) is 0 Å². The van der Waals surface area contributed by atoms with Gasteiger partial charge in [-0.1, -0.05) is 54.6 Å². The number of carbonyl (C=O) groups excluding carboxylic acids is 5. The molecule has 0 unspecified atom stereocenters. The fourth-order valence-corrected chi connectivity index (χ4v) is 9.72. The predicted molar refractivity (Wildman–Crippen MR) is 309 cm³/mol. The van der Waals surface area contributed by atoms with Crippen molar-refractivity contribution in [2.24, 2.45) is 0 Å². The zero-order valence-electron chi connectivity index (χ0n) is 48.2. The second-order valence-corrected chi connectivity index (χ2v) is 21.3. The Labute approximate surface area is 477 Å². The van der Waals surface area contributed by atoms with Crippen LogP contribution in [0.1, 0.15) is 106 Å². The van der Waals surface area contributed by atoms with Crippen molar-refractivity contribution < 1.29 is 70.7 Å². The van der Waals surface area contributed by atoms with E-state index in [9.17, 15) is 42.7 Å². The molecule has 18 heteroatoms. The summed E-state index contributed by atoms with van der Waals surface area (Å²) in [5, 5.41) is 10.5. The molecule has 83 heavy (non-hydrogen) atoms. The summed E-state index contributed by atoms with van der Waals surface area (Å²) in [6.07, 6.45) is -0.464. The molecule has 0 atom stereocenters. The quantitative estimate of drug-likeness (QED) is 0.114. The molecule has 0 bridgehead atoms. The Morgan fingerprint density at radius 1 is 0.446 bits per heavy atom. The van der Waals surface area contributed by atoms with Crippen LogP contribution in [0, 0.1) is 38.2 Å². The maximum Gasteiger partial charge on any atom is 0.310 e. The topological polar surface area (TPSA) is 184 Å². The maximum absolute atomic E-state index is 15.2. The number of aliphatic carboxylic acids is 1. The highest BCUT2D eigenvalue weighted by molar-refractivity contribution is 6.07. The third-order valence-electron chi connectivity index (χ3n) is 13.3. The lowest BCUT2D eigenvalue weighted by Gasteiger charge is -2.19. The molecule has 6 aromatic carbocycles. The van der Waals surface area contributed by atoms with Crippen LogP contribution in [0.4, 0.5) is 13.2 Å². The van der Waals surface area contributed by atoms with Crippen LogP contribution in [0.5, 0.6) is 17.2 Å². The standard InChI is InChI=1S/2C23H24FNO4.C19H16FNO4/c1-14-16(12-21(26)29-23(2,3)4)17-11-20(28-5)18(24)13-19(17)25(14)22(27)15-9-7-6-8-10-15;1-14-16(13-19(26)29-23(2,3)4)20-17(11-12-18(28-5)21(20)24)25(14)22(27)15-9-7-6-8-10-15;1-11-13(9-18(22)23)14-8-17(25-2)15(20)10-16(14)21(11)19(24)12-6-4-3-5-7-12/h6-11,13H,12H2,1-5H3;6-12H,13H2,1-5H3;3-8,10H,9H2,1-2H3,(H,22,23). The number of carboxylic acid groups (broad SMARTS) is 1. The van der Waals surface area contributed by atoms with Crippen molar-refractivity contribution in [3.8, 4) is 17.2 Å². The molecule has 3 heterocycles. The van der Waals surface area contributed by atoms with Gasteiger partial charge in [-0.25, -0.2) is 13.2 Å². The van der Waals surface area contributed by atoms with E-state index >= 15 is 4.39 Å². The van der Waals surface area contributed by atoms with Crippen molar-refractivity contribution in [3.63, 3.8) is 0 Å². The largest absolute Gasteiger partial charge is 0.494 e. The molecule has 0 amide bonds. The second-order valence-electron chi connectivity index (χ2n) is 21.3. The summed E-state index contributed by atoms with van der Waals surface area (Å²) in [4.78, 5) is 75.4. The molecule has 0 fully saturated rings. The van der Waals surface area contributed by atoms with E-state index in [1.165, 1.54) is 65.4 Å². The Bertz CT molecular complexity index is 3890. The molecule has 0 aliphatic carbocycles. The minimum Gasteiger partial charge on any atom is -0.494 e. The van der Waals surface area contributed by atoms with Gasteiger partial charge in [0.15, 0.2) is 34.7 Å². The average Bonchev–Trinajstić information content (AvgIpc) is 2.59. The minimum atomic E-state index is -1.03. The first-order valence-corrected chi connectivity index (χ1v) is 26.3. The summed E-state index contributed by atoms with van der Waals surface area (Å²) in [6.45, 7) is 15.8. The third-order valence-corrected chi connectivity index (χ3v) is 13.3. The molecule has 15 nitrogen and oxygen atoms in total. The zero-order valence-corrected chi connectivity index (χ0v) is 48.2. The lowest BCUT2D eigenvalue weighted by Crippen LogP contribution is -2.25. The van der Waals surface area contributed by atoms with Crippen molar-refractivity contribution in [1.82, 2.24) is 13.7 Å². The van der Waals surface area contributed by atoms with Crippen molar-refractivity contribution in [2.45, 2.75) is 92.8 Å². The van der Waals surface area contributed by atoms with Crippen LogP contribution in [-0.2, 0) is 43.1 Å². The number of carboxylic acids is 1. The highest BCUT2D eigenvalue weighted by Crippen LogP contribution is 2.37. The second kappa shape index (κ2) is 25.1. The van der Waals surface area contributed by atoms with Gasteiger partial charge in [-0.05, 0) is 140 Å². The average molecular weight is 1140 g/mol. The van der Waals surface area contributed by atoms with E-state index < -0.39 is 46.6 Å². The molecule has 432 valence electrons. The van der Waals surface area contributed by atoms with E-state index in [0.29, 0.717) is 77.8 Å². The smallest absolute Gasteiger partial charge is 0.310 e. The number of carbonyl (C=O) groups is 6. The van der Waals surface area contributed by atoms with Gasteiger partial charge in [0.05, 0.1) is 57.1 Å². The number of nitrogens with zero attached hydrogens (tertiary/aromatic N) is 3. The van der Waals surface area contributed by atoms with Gasteiger partial charge in [0, 0.05) is 62.1 Å². The van der Waals surface area contributed by atoms with Crippen LogP contribution in [0.2, 0.25) is 0 Å². The molecule has 0 spiro atoms. The molecule has 9 aromatic rings. The summed E-state index contributed by atoms with van der Waals surface area (Å²) >= 11 is 0. The summed E-state index contributed by atoms with van der Waals surface area (Å²) in [5.74, 6) is -4.58. The number of rotatable bonds is 12. The summed E-state index contributed by atoms with van der Waals surface area (Å²) < 4.78 is 74.1. The first-order chi connectivity index (χ1) is 39.2. The van der Waals surface area contributed by atoms with Crippen LogP contribution >= 0.6 is 0 Å². The van der Waals surface area contributed by atoms with Crippen molar-refractivity contribution in [2.75, 3.05) is 21.3 Å². The summed E-state index contributed by atoms with van der Waals surface area (Å²) in [6, 6.07) is 34.6. The molecule has 1 N–H and O–H groups in total. The van der Waals surface area contributed by atoms with Gasteiger partial charge in [0.25, 0.3) is 17.7 Å². The maximum atomic E-state index is 15.2. The summed E-state index contributed by atoms with van der Waals surface area (Å²) in [5.41, 5.74) is 4.16. The number of aromatic nitrogens is 3. The van der Waals surface area contributed by atoms with Gasteiger partial charge in [0.2, 0.25) is 0 Å². The van der Waals surface area contributed by atoms with Crippen LogP contribution in [0.3, 0.4) is 0 Å². The van der Waals surface area contributed by atoms with E-state index in [-0.39, 0.29) is 59.6 Å². The zero-order chi connectivity index (χ0) is 60.8. The van der Waals surface area contributed by atoms with Crippen molar-refractivity contribution in [1.29, 1.82) is 0 Å². The van der Waals surface area contributed by atoms with E-state index in [1.54, 1.807) is 147 Å². The highest BCUT2D eigenvalue weighted by atomic mass is 19.1. The molecule has 9 rings (SSSR count). The fourth-order valence-electron chi connectivity index (χ4n) is 9.72. The summed E-state index contributed by atoms with van der Waals surface area (Å²) in [7, 11) is 4.08. The van der Waals surface area contributed by atoms with Gasteiger partial charge in [-0.3, -0.25) is 42.5 Å². The van der Waals surface area contributed by atoms with E-state index in [1.807, 2.05) is 12.1 Å². The normalized spacial score (nSPS) is 11.3. The van der Waals surface area contributed by atoms with Crippen LogP contribution in [0.15, 0.2) is 127 Å². The van der Waals surface area contributed by atoms with Crippen LogP contribution in [-0.4, -0.2) is 87.0 Å². The number of esters is 2. The Hall–Kier alpha value is -9.45. The number of methoxy groups -OCH3 is 3. The van der Waals surface area contributed by atoms with Gasteiger partial charge < -0.3 is 28.8 Å². The first-order valence-electron chi connectivity index (χ1n) is 26.3. The molecule has 0 aliphatic heterocycles. The van der Waals surface area contributed by atoms with E-state index in [2.05, 4.69) is 0 Å². The number of hydrogen-bond donors (Lipinski definition) is 1. The van der Waals surface area contributed by atoms with Gasteiger partial charge in [0.1, 0.15) is 11.2 Å². The molecule has 0 saturated carbocycles. The number of hydrogen-bond acceptors (Lipinski definition) is 11. The molecular formula is C65H64F3N3O12. The molecule has 0 radical (unpaired) electrons. The first kappa shape index (κ1) is 61.2. The van der Waals surface area contributed by atoms with Crippen LogP contribution in [0.25, 0.3) is 32.7 Å². The SMILES string of the molecule is COc1cc2c(CC(=O)O)c(C)n(C(=O)c3ccccc3)c2cc1F.COc1cc2c(CC(=O)OC(C)(C)C)c(C)n(C(=O)c3ccccc3)c2cc1F.COc1ccc2c(c1F)c(CC(=O)OC(C)(C)C)c(C)n2C(=O)c1ccccc1. The Kier molecular flexibility index (Phi) is 18.5. The number of halogens is 3. The number of fused-ring (bicyclic) bond motifs is 3. The Morgan fingerprint density at radius 3 is 1.13 bits per heavy atom. The van der Waals surface area contributed by atoms with Gasteiger partial charge in [-0.2, -0.15) is 0 Å². The molecule has 0 saturated heterocycles. The highest BCUT2D eigenvalue weighted by Gasteiger charge is 2.29. The third kappa shape index (κ3) is 13.5. The number of benzene rings is 6. The molecular weight excluding hydrogens is 1070 g/mol. The van der Waals surface area contributed by atoms with Crippen molar-refractivity contribution >= 4 is 68.3 Å². The number of ether oxygens (including phenoxy) is 5. The molecule has 3 aromatic heterocycles. The van der Waals surface area contributed by atoms with E-state index in [4.69, 9.17) is 23.7 Å². The van der Waals surface area contributed by atoms with E-state index in [0.717, 1.165) is 0 Å². The van der Waals surface area contributed by atoms with Crippen molar-refractivity contribution in [3.05, 3.63) is 195 Å². The van der Waals surface area contributed by atoms with Crippen LogP contribution < -0.4 is 14.2 Å². The fraction of sp³-hybridized carbons (Fsp3) is 0.262. The Morgan fingerprint density at radius 2 is 0.783 bits per heavy atom. The monoisotopic (exact) mass is 1140 g/mol. The van der Waals surface area contributed by atoms with Gasteiger partial charge >= 0.3 is 17.9 Å². The predicted octanol–water partition coefficient (Wildman–Crippen LogP) is 12.8. The lowest BCUT2D eigenvalue weighted by molar-refractivity contribution is -0.155. The lowest BCUT2D eigenvalue weighted by atomic mass is 10.1. The minimum absolute atomic E-state index is 0.00319. The Balaban J connectivity index is 0.000000180. The molecule has 0 aliphatic rings.